The van der Waals surface area contributed by atoms with Crippen LogP contribution in [0.3, 0.4) is 0 Å². The normalized spacial score (nSPS) is 22.9. The number of nitrogen functional groups attached to an aromatic ring is 1. The Balaban J connectivity index is 1.21. The minimum absolute atomic E-state index is 0.0211. The maximum atomic E-state index is 13.0. The second kappa shape index (κ2) is 8.48. The van der Waals surface area contributed by atoms with E-state index in [0.717, 1.165) is 37.0 Å². The Bertz CT molecular complexity index is 1570. The fourth-order valence-corrected chi connectivity index (χ4v) is 5.87. The fourth-order valence-electron chi connectivity index (χ4n) is 5.87. The van der Waals surface area contributed by atoms with E-state index in [1.807, 2.05) is 13.0 Å². The number of hydrogen-bond donors (Lipinski definition) is 3. The van der Waals surface area contributed by atoms with E-state index >= 15 is 0 Å². The van der Waals surface area contributed by atoms with Gasteiger partial charge in [0.25, 0.3) is 0 Å². The molecule has 2 fully saturated rings. The SMILES string of the molecule is Cc1cc([C@@]2(CN)[C@@H]3CCN(c4cnc(C(=N)c5ccc6nc(C(F)(F)F)ccc6c5)c(N)n4)C[C@@H]32)no1. The molecule has 4 heterocycles. The molecule has 4 aromatic rings. The maximum Gasteiger partial charge on any atom is 0.433 e. The van der Waals surface area contributed by atoms with Crippen LogP contribution in [0.1, 0.15) is 34.8 Å². The molecule has 196 valence electrons. The van der Waals surface area contributed by atoms with Gasteiger partial charge in [-0.3, -0.25) is 5.41 Å². The van der Waals surface area contributed by atoms with Gasteiger partial charge >= 0.3 is 6.18 Å². The van der Waals surface area contributed by atoms with E-state index in [-0.39, 0.29) is 28.2 Å². The molecule has 12 heteroatoms. The number of rotatable bonds is 5. The highest BCUT2D eigenvalue weighted by Gasteiger charge is 2.67. The van der Waals surface area contributed by atoms with Crippen LogP contribution in [0.15, 0.2) is 47.1 Å². The average molecular weight is 523 g/mol. The lowest BCUT2D eigenvalue weighted by atomic mass is 9.97. The van der Waals surface area contributed by atoms with Crippen molar-refractivity contribution in [2.24, 2.45) is 17.6 Å². The van der Waals surface area contributed by atoms with Crippen molar-refractivity contribution in [3.05, 3.63) is 71.0 Å². The number of hydrogen-bond acceptors (Lipinski definition) is 9. The monoisotopic (exact) mass is 522 g/mol. The molecular weight excluding hydrogens is 497 g/mol. The number of nitrogens with two attached hydrogens (primary N) is 2. The zero-order chi connectivity index (χ0) is 26.8. The number of pyridine rings is 1. The van der Waals surface area contributed by atoms with Crippen molar-refractivity contribution in [1.82, 2.24) is 20.1 Å². The smallest absolute Gasteiger partial charge is 0.382 e. The van der Waals surface area contributed by atoms with E-state index in [1.165, 1.54) is 18.2 Å². The third kappa shape index (κ3) is 3.78. The van der Waals surface area contributed by atoms with Gasteiger partial charge in [-0.2, -0.15) is 13.2 Å². The Kier molecular flexibility index (Phi) is 5.42. The molecule has 1 aromatic carbocycles. The van der Waals surface area contributed by atoms with Crippen molar-refractivity contribution in [3.63, 3.8) is 0 Å². The molecule has 0 radical (unpaired) electrons. The number of aromatic nitrogens is 4. The Labute approximate surface area is 215 Å². The lowest BCUT2D eigenvalue weighted by Crippen LogP contribution is -2.33. The van der Waals surface area contributed by atoms with Gasteiger partial charge in [0.2, 0.25) is 0 Å². The molecule has 38 heavy (non-hydrogen) atoms. The standard InChI is InChI=1S/C26H25F3N8O/c1-13-8-20(36-38-13)25(12-30)16-6-7-37(11-17(16)25)21-10-33-23(24(32)35-21)22(31)15-2-4-18-14(9-15)3-5-19(34-18)26(27,28)29/h2-5,8-10,16-17,31H,6-7,11-12,30H2,1H3,(H2,32,35)/t16-,17+,25+/m1/s1. The third-order valence-corrected chi connectivity index (χ3v) is 7.89. The molecule has 9 nitrogen and oxygen atoms in total. The minimum atomic E-state index is -4.53. The Morgan fingerprint density at radius 3 is 2.68 bits per heavy atom. The summed E-state index contributed by atoms with van der Waals surface area (Å²) in [6, 6.07) is 8.80. The first kappa shape index (κ1) is 24.3. The maximum absolute atomic E-state index is 13.0. The molecule has 0 amide bonds. The molecule has 1 saturated heterocycles. The number of halogens is 3. The van der Waals surface area contributed by atoms with Crippen molar-refractivity contribution in [2.45, 2.75) is 24.9 Å². The van der Waals surface area contributed by atoms with Gasteiger partial charge in [-0.25, -0.2) is 15.0 Å². The van der Waals surface area contributed by atoms with Gasteiger partial charge in [-0.05, 0) is 43.4 Å². The van der Waals surface area contributed by atoms with Crippen molar-refractivity contribution < 1.29 is 17.7 Å². The molecule has 0 unspecified atom stereocenters. The van der Waals surface area contributed by atoms with Crippen LogP contribution in [0.25, 0.3) is 10.9 Å². The van der Waals surface area contributed by atoms with Crippen LogP contribution >= 0.6 is 0 Å². The molecule has 2 aliphatic rings. The summed E-state index contributed by atoms with van der Waals surface area (Å²) in [6.07, 6.45) is -2.00. The van der Waals surface area contributed by atoms with Gasteiger partial charge in [0.15, 0.2) is 5.82 Å². The summed E-state index contributed by atoms with van der Waals surface area (Å²) < 4.78 is 44.2. The number of piperidine rings is 1. The van der Waals surface area contributed by atoms with Crippen molar-refractivity contribution in [1.29, 1.82) is 5.41 Å². The molecule has 1 saturated carbocycles. The van der Waals surface area contributed by atoms with Gasteiger partial charge in [0, 0.05) is 42.1 Å². The second-order valence-corrected chi connectivity index (χ2v) is 9.95. The van der Waals surface area contributed by atoms with Crippen LogP contribution in [0.4, 0.5) is 24.8 Å². The predicted molar refractivity (Wildman–Crippen MR) is 135 cm³/mol. The van der Waals surface area contributed by atoms with Crippen molar-refractivity contribution in [2.75, 3.05) is 30.3 Å². The summed E-state index contributed by atoms with van der Waals surface area (Å²) in [5.41, 5.74) is 13.1. The third-order valence-electron chi connectivity index (χ3n) is 7.89. The molecule has 1 aliphatic carbocycles. The molecule has 0 spiro atoms. The van der Waals surface area contributed by atoms with Crippen molar-refractivity contribution >= 4 is 28.3 Å². The molecular formula is C26H25F3N8O. The van der Waals surface area contributed by atoms with Gasteiger partial charge in [0.05, 0.1) is 23.1 Å². The summed E-state index contributed by atoms with van der Waals surface area (Å²) in [5.74, 6) is 2.23. The van der Waals surface area contributed by atoms with Crippen LogP contribution < -0.4 is 16.4 Å². The van der Waals surface area contributed by atoms with Crippen LogP contribution in [-0.2, 0) is 11.6 Å². The number of benzene rings is 1. The minimum Gasteiger partial charge on any atom is -0.382 e. The predicted octanol–water partition coefficient (Wildman–Crippen LogP) is 3.69. The molecule has 3 aromatic heterocycles. The number of nitrogens with zero attached hydrogens (tertiary/aromatic N) is 5. The summed E-state index contributed by atoms with van der Waals surface area (Å²) in [7, 11) is 0. The summed E-state index contributed by atoms with van der Waals surface area (Å²) in [6.45, 7) is 3.86. The molecule has 3 atom stereocenters. The Morgan fingerprint density at radius 2 is 2.00 bits per heavy atom. The highest BCUT2D eigenvalue weighted by atomic mass is 19.4. The number of alkyl halides is 3. The number of aryl methyl sites for hydroxylation is 1. The Hall–Kier alpha value is -4.06. The van der Waals surface area contributed by atoms with E-state index in [9.17, 15) is 13.2 Å². The Morgan fingerprint density at radius 1 is 1.18 bits per heavy atom. The van der Waals surface area contributed by atoms with Gasteiger partial charge in [0.1, 0.15) is 23.0 Å². The first-order chi connectivity index (χ1) is 18.1. The number of fused-ring (bicyclic) bond motifs is 2. The van der Waals surface area contributed by atoms with Crippen LogP contribution in [-0.4, -0.2) is 45.5 Å². The quantitative estimate of drug-likeness (QED) is 0.337. The zero-order valence-electron chi connectivity index (χ0n) is 20.5. The molecule has 5 N–H and O–H groups in total. The average Bonchev–Trinajstić information content (AvgIpc) is 3.36. The van der Waals surface area contributed by atoms with E-state index in [0.29, 0.717) is 35.1 Å². The molecule has 0 bridgehead atoms. The first-order valence-electron chi connectivity index (χ1n) is 12.2. The van der Waals surface area contributed by atoms with E-state index in [4.69, 9.17) is 21.4 Å². The molecule has 6 rings (SSSR count). The number of anilines is 2. The summed E-state index contributed by atoms with van der Waals surface area (Å²) in [5, 5.41) is 13.4. The van der Waals surface area contributed by atoms with E-state index < -0.39 is 11.9 Å². The van der Waals surface area contributed by atoms with Gasteiger partial charge < -0.3 is 20.9 Å². The largest absolute Gasteiger partial charge is 0.433 e. The molecule has 1 aliphatic heterocycles. The van der Waals surface area contributed by atoms with E-state index in [2.05, 4.69) is 25.0 Å². The fraction of sp³-hybridized carbons (Fsp3) is 0.346. The van der Waals surface area contributed by atoms with Gasteiger partial charge in [-0.1, -0.05) is 17.3 Å². The topological polar surface area (TPSA) is 144 Å². The van der Waals surface area contributed by atoms with Crippen LogP contribution in [0.2, 0.25) is 0 Å². The van der Waals surface area contributed by atoms with Crippen LogP contribution in [0.5, 0.6) is 0 Å². The second-order valence-electron chi connectivity index (χ2n) is 9.95. The van der Waals surface area contributed by atoms with E-state index in [1.54, 1.807) is 12.3 Å². The zero-order valence-corrected chi connectivity index (χ0v) is 20.5. The lowest BCUT2D eigenvalue weighted by molar-refractivity contribution is -0.140. The van der Waals surface area contributed by atoms with Crippen LogP contribution in [0, 0.1) is 24.2 Å². The lowest BCUT2D eigenvalue weighted by Gasteiger charge is -2.27. The van der Waals surface area contributed by atoms with Crippen molar-refractivity contribution in [3.8, 4) is 0 Å². The first-order valence-corrected chi connectivity index (χ1v) is 12.2. The summed E-state index contributed by atoms with van der Waals surface area (Å²) >= 11 is 0. The van der Waals surface area contributed by atoms with Gasteiger partial charge in [-0.15, -0.1) is 0 Å². The number of nitrogens with one attached hydrogen (secondary N) is 1. The summed E-state index contributed by atoms with van der Waals surface area (Å²) in [4.78, 5) is 14.8. The highest BCUT2D eigenvalue weighted by molar-refractivity contribution is 6.13. The highest BCUT2D eigenvalue weighted by Crippen LogP contribution is 2.62.